The zero-order valence-corrected chi connectivity index (χ0v) is 11.9. The molecule has 0 atom stereocenters. The number of thiazole rings is 1. The van der Waals surface area contributed by atoms with Crippen LogP contribution in [0.3, 0.4) is 0 Å². The van der Waals surface area contributed by atoms with Gasteiger partial charge in [-0.2, -0.15) is 0 Å². The summed E-state index contributed by atoms with van der Waals surface area (Å²) >= 11 is 1.35. The number of azo groups is 1. The van der Waals surface area contributed by atoms with Gasteiger partial charge in [-0.05, 0) is 30.2 Å². The molecule has 2 aromatic carbocycles. The van der Waals surface area contributed by atoms with Crippen molar-refractivity contribution in [3.05, 3.63) is 48.0 Å². The molecule has 0 fully saturated rings. The molecule has 106 valence electrons. The number of rotatable bonds is 4. The van der Waals surface area contributed by atoms with E-state index in [4.69, 9.17) is 5.11 Å². The average Bonchev–Trinajstić information content (AvgIpc) is 2.95. The van der Waals surface area contributed by atoms with E-state index < -0.39 is 0 Å². The van der Waals surface area contributed by atoms with Gasteiger partial charge >= 0.3 is 0 Å². The molecule has 3 rings (SSSR count). The molecule has 3 aromatic rings. The SMILES string of the molecule is OCCc1ccc(O)c2nc(/N=N/c3ccccc3)sc12. The third-order valence-corrected chi connectivity index (χ3v) is 4.00. The van der Waals surface area contributed by atoms with Crippen LogP contribution in [0.5, 0.6) is 5.75 Å². The number of aliphatic hydroxyl groups is 1. The summed E-state index contributed by atoms with van der Waals surface area (Å²) in [6.45, 7) is 0.0542. The summed E-state index contributed by atoms with van der Waals surface area (Å²) in [7, 11) is 0. The number of aliphatic hydroxyl groups excluding tert-OH is 1. The Morgan fingerprint density at radius 1 is 1.05 bits per heavy atom. The predicted octanol–water partition coefficient (Wildman–Crippen LogP) is 3.95. The van der Waals surface area contributed by atoms with Crippen molar-refractivity contribution in [2.45, 2.75) is 6.42 Å². The molecule has 0 unspecified atom stereocenters. The van der Waals surface area contributed by atoms with Gasteiger partial charge in [-0.15, -0.1) is 10.2 Å². The Hall–Kier alpha value is -2.31. The normalized spacial score (nSPS) is 11.5. The number of hydrogen-bond donors (Lipinski definition) is 2. The van der Waals surface area contributed by atoms with E-state index in [-0.39, 0.29) is 12.4 Å². The highest BCUT2D eigenvalue weighted by Crippen LogP contribution is 2.36. The van der Waals surface area contributed by atoms with E-state index in [9.17, 15) is 5.11 Å². The van der Waals surface area contributed by atoms with Crippen molar-refractivity contribution in [3.8, 4) is 5.75 Å². The summed E-state index contributed by atoms with van der Waals surface area (Å²) in [6, 6.07) is 12.8. The monoisotopic (exact) mass is 299 g/mol. The van der Waals surface area contributed by atoms with E-state index >= 15 is 0 Å². The zero-order valence-electron chi connectivity index (χ0n) is 11.1. The van der Waals surface area contributed by atoms with E-state index in [1.165, 1.54) is 11.3 Å². The van der Waals surface area contributed by atoms with Crippen LogP contribution in [0.4, 0.5) is 10.8 Å². The topological polar surface area (TPSA) is 78.1 Å². The Kier molecular flexibility index (Phi) is 3.89. The number of aromatic nitrogens is 1. The lowest BCUT2D eigenvalue weighted by molar-refractivity contribution is 0.300. The van der Waals surface area contributed by atoms with Gasteiger partial charge in [0.2, 0.25) is 5.13 Å². The number of hydrogen-bond acceptors (Lipinski definition) is 6. The fraction of sp³-hybridized carbons (Fsp3) is 0.133. The molecule has 1 aromatic heterocycles. The predicted molar refractivity (Wildman–Crippen MR) is 82.7 cm³/mol. The van der Waals surface area contributed by atoms with Gasteiger partial charge in [-0.25, -0.2) is 4.98 Å². The second kappa shape index (κ2) is 5.99. The second-order valence-electron chi connectivity index (χ2n) is 4.43. The molecule has 0 aliphatic rings. The lowest BCUT2D eigenvalue weighted by atomic mass is 10.1. The van der Waals surface area contributed by atoms with E-state index in [1.54, 1.807) is 12.1 Å². The lowest BCUT2D eigenvalue weighted by Gasteiger charge is -2.00. The van der Waals surface area contributed by atoms with Crippen LogP contribution in [0.2, 0.25) is 0 Å². The van der Waals surface area contributed by atoms with Gasteiger partial charge in [-0.3, -0.25) is 0 Å². The van der Waals surface area contributed by atoms with Gasteiger partial charge in [0.15, 0.2) is 0 Å². The number of benzene rings is 2. The van der Waals surface area contributed by atoms with Crippen molar-refractivity contribution in [2.24, 2.45) is 10.2 Å². The van der Waals surface area contributed by atoms with Crippen molar-refractivity contribution < 1.29 is 10.2 Å². The standard InChI is InChI=1S/C15H13N3O2S/c19-9-8-10-6-7-12(20)13-14(10)21-15(16-13)18-17-11-4-2-1-3-5-11/h1-7,19-20H,8-9H2/b18-17+. The minimum Gasteiger partial charge on any atom is -0.506 e. The molecule has 1 heterocycles. The van der Waals surface area contributed by atoms with Crippen LogP contribution in [-0.4, -0.2) is 21.8 Å². The highest BCUT2D eigenvalue weighted by atomic mass is 32.1. The quantitative estimate of drug-likeness (QED) is 0.716. The number of phenolic OH excluding ortho intramolecular Hbond substituents is 1. The van der Waals surface area contributed by atoms with Crippen molar-refractivity contribution in [3.63, 3.8) is 0 Å². The Balaban J connectivity index is 1.99. The molecule has 5 nitrogen and oxygen atoms in total. The van der Waals surface area contributed by atoms with E-state index in [0.29, 0.717) is 17.1 Å². The van der Waals surface area contributed by atoms with Gasteiger partial charge < -0.3 is 10.2 Å². The molecule has 0 spiro atoms. The van der Waals surface area contributed by atoms with Crippen LogP contribution < -0.4 is 0 Å². The highest BCUT2D eigenvalue weighted by molar-refractivity contribution is 7.22. The smallest absolute Gasteiger partial charge is 0.231 e. The fourth-order valence-electron chi connectivity index (χ4n) is 1.99. The van der Waals surface area contributed by atoms with E-state index in [0.717, 1.165) is 16.0 Å². The van der Waals surface area contributed by atoms with Crippen molar-refractivity contribution in [1.82, 2.24) is 4.98 Å². The maximum atomic E-state index is 9.87. The van der Waals surface area contributed by atoms with Crippen molar-refractivity contribution in [1.29, 1.82) is 0 Å². The Morgan fingerprint density at radius 3 is 2.62 bits per heavy atom. The second-order valence-corrected chi connectivity index (χ2v) is 5.40. The van der Waals surface area contributed by atoms with Crippen LogP contribution in [0.15, 0.2) is 52.7 Å². The first kappa shape index (κ1) is 13.7. The largest absolute Gasteiger partial charge is 0.506 e. The first-order chi connectivity index (χ1) is 10.3. The van der Waals surface area contributed by atoms with Crippen molar-refractivity contribution >= 4 is 32.4 Å². The number of fused-ring (bicyclic) bond motifs is 1. The molecular formula is C15H13N3O2S. The fourth-order valence-corrected chi connectivity index (χ4v) is 2.94. The Labute approximate surface area is 125 Å². The van der Waals surface area contributed by atoms with Crippen LogP contribution in [0.25, 0.3) is 10.2 Å². The summed E-state index contributed by atoms with van der Waals surface area (Å²) in [5.41, 5.74) is 2.20. The number of aromatic hydroxyl groups is 1. The third kappa shape index (κ3) is 2.91. The molecular weight excluding hydrogens is 286 g/mol. The van der Waals surface area contributed by atoms with Gasteiger partial charge in [0.1, 0.15) is 11.3 Å². The first-order valence-electron chi connectivity index (χ1n) is 6.47. The van der Waals surface area contributed by atoms with Crippen LogP contribution in [0.1, 0.15) is 5.56 Å². The van der Waals surface area contributed by atoms with Gasteiger partial charge in [0, 0.05) is 6.61 Å². The lowest BCUT2D eigenvalue weighted by Crippen LogP contribution is -1.90. The molecule has 2 N–H and O–H groups in total. The number of phenols is 1. The van der Waals surface area contributed by atoms with Crippen molar-refractivity contribution in [2.75, 3.05) is 6.61 Å². The summed E-state index contributed by atoms with van der Waals surface area (Å²) in [5.74, 6) is 0.115. The summed E-state index contributed by atoms with van der Waals surface area (Å²) in [4.78, 5) is 4.30. The summed E-state index contributed by atoms with van der Waals surface area (Å²) in [6.07, 6.45) is 0.522. The summed E-state index contributed by atoms with van der Waals surface area (Å²) < 4.78 is 0.839. The van der Waals surface area contributed by atoms with Gasteiger partial charge in [0.05, 0.1) is 10.4 Å². The molecule has 0 aliphatic carbocycles. The molecule has 21 heavy (non-hydrogen) atoms. The molecule has 0 aliphatic heterocycles. The molecule has 0 amide bonds. The molecule has 6 heteroatoms. The minimum absolute atomic E-state index is 0.0542. The maximum absolute atomic E-state index is 9.87. The van der Waals surface area contributed by atoms with Gasteiger partial charge in [0.25, 0.3) is 0 Å². The average molecular weight is 299 g/mol. The highest BCUT2D eigenvalue weighted by Gasteiger charge is 2.11. The Morgan fingerprint density at radius 2 is 1.86 bits per heavy atom. The third-order valence-electron chi connectivity index (χ3n) is 2.98. The molecule has 0 bridgehead atoms. The summed E-state index contributed by atoms with van der Waals surface area (Å²) in [5, 5.41) is 27.7. The molecule has 0 saturated heterocycles. The Bertz CT molecular complexity index is 784. The molecule has 0 radical (unpaired) electrons. The van der Waals surface area contributed by atoms with E-state index in [2.05, 4.69) is 15.2 Å². The zero-order chi connectivity index (χ0) is 14.7. The number of nitrogens with zero attached hydrogens (tertiary/aromatic N) is 3. The first-order valence-corrected chi connectivity index (χ1v) is 7.28. The minimum atomic E-state index is 0.0542. The van der Waals surface area contributed by atoms with Gasteiger partial charge in [-0.1, -0.05) is 35.6 Å². The van der Waals surface area contributed by atoms with Crippen LogP contribution in [-0.2, 0) is 6.42 Å². The van der Waals surface area contributed by atoms with Crippen LogP contribution >= 0.6 is 11.3 Å². The van der Waals surface area contributed by atoms with E-state index in [1.807, 2.05) is 30.3 Å². The molecule has 0 saturated carbocycles. The maximum Gasteiger partial charge on any atom is 0.231 e. The van der Waals surface area contributed by atoms with Crippen LogP contribution in [0, 0.1) is 0 Å².